The van der Waals surface area contributed by atoms with E-state index >= 15 is 0 Å². The number of nitriles is 1. The van der Waals surface area contributed by atoms with E-state index in [4.69, 9.17) is 10.2 Å². The zero-order valence-corrected chi connectivity index (χ0v) is 15.5. The molecule has 0 spiro atoms. The number of carbonyl (C=O) groups is 1. The van der Waals surface area contributed by atoms with Crippen molar-refractivity contribution in [1.29, 1.82) is 5.26 Å². The Balaban J connectivity index is 1.56. The molecular weight excluding hydrogens is 368 g/mol. The first kappa shape index (κ1) is 17.6. The maximum Gasteiger partial charge on any atom is 0.255 e. The van der Waals surface area contributed by atoms with E-state index in [2.05, 4.69) is 10.3 Å². The van der Waals surface area contributed by atoms with Crippen molar-refractivity contribution >= 4 is 22.9 Å². The minimum absolute atomic E-state index is 0.259. The predicted octanol–water partition coefficient (Wildman–Crippen LogP) is 5.00. The Bertz CT molecular complexity index is 1180. The Hall–Kier alpha value is -3.82. The molecule has 0 saturated heterocycles. The average Bonchev–Trinajstić information content (AvgIpc) is 3.25. The Labute approximate surface area is 166 Å². The molecule has 0 unspecified atom stereocenters. The molecule has 2 aromatic carbocycles. The van der Waals surface area contributed by atoms with Gasteiger partial charge in [-0.15, -0.1) is 11.3 Å². The quantitative estimate of drug-likeness (QED) is 0.539. The van der Waals surface area contributed by atoms with Gasteiger partial charge in [0.2, 0.25) is 0 Å². The number of nitrogens with one attached hydrogen (secondary N) is 1. The highest BCUT2D eigenvalue weighted by Gasteiger charge is 2.10. The van der Waals surface area contributed by atoms with Crippen LogP contribution in [-0.4, -0.2) is 15.9 Å². The van der Waals surface area contributed by atoms with Crippen molar-refractivity contribution in [2.24, 2.45) is 0 Å². The molecule has 134 valence electrons. The van der Waals surface area contributed by atoms with Crippen LogP contribution in [0.3, 0.4) is 0 Å². The molecule has 2 aromatic heterocycles. The van der Waals surface area contributed by atoms with Crippen molar-refractivity contribution in [3.63, 3.8) is 0 Å². The van der Waals surface area contributed by atoms with Gasteiger partial charge in [-0.05, 0) is 42.5 Å². The van der Waals surface area contributed by atoms with Gasteiger partial charge in [0.25, 0.3) is 5.91 Å². The number of pyridine rings is 1. The number of amides is 1. The smallest absolute Gasteiger partial charge is 0.255 e. The molecule has 0 radical (unpaired) electrons. The first-order valence-electron chi connectivity index (χ1n) is 8.51. The fraction of sp³-hybridized carbons (Fsp3) is 0. The van der Waals surface area contributed by atoms with E-state index < -0.39 is 0 Å². The topological polar surface area (TPSA) is 78.7 Å². The van der Waals surface area contributed by atoms with Crippen LogP contribution in [-0.2, 0) is 0 Å². The SMILES string of the molecule is N#Cc1cccc(C(=O)Nc2cccc(-c3csc(-c4ccncc4)n3)c2)c1. The van der Waals surface area contributed by atoms with Gasteiger partial charge in [0.15, 0.2) is 0 Å². The fourth-order valence-electron chi connectivity index (χ4n) is 2.72. The summed E-state index contributed by atoms with van der Waals surface area (Å²) < 4.78 is 0. The third-order valence-corrected chi connectivity index (χ3v) is 4.99. The van der Waals surface area contributed by atoms with Gasteiger partial charge in [0, 0.05) is 40.2 Å². The van der Waals surface area contributed by atoms with Crippen molar-refractivity contribution in [2.45, 2.75) is 0 Å². The molecule has 1 amide bonds. The number of hydrogen-bond donors (Lipinski definition) is 1. The molecule has 6 heteroatoms. The molecule has 0 saturated carbocycles. The summed E-state index contributed by atoms with van der Waals surface area (Å²) in [4.78, 5) is 21.2. The summed E-state index contributed by atoms with van der Waals surface area (Å²) in [6.45, 7) is 0. The molecule has 2 heterocycles. The van der Waals surface area contributed by atoms with Crippen LogP contribution >= 0.6 is 11.3 Å². The third kappa shape index (κ3) is 3.80. The molecule has 0 bridgehead atoms. The van der Waals surface area contributed by atoms with Gasteiger partial charge in [-0.25, -0.2) is 4.98 Å². The highest BCUT2D eigenvalue weighted by Crippen LogP contribution is 2.29. The molecule has 1 N–H and O–H groups in total. The van der Waals surface area contributed by atoms with Crippen LogP contribution in [0.25, 0.3) is 21.8 Å². The Morgan fingerprint density at radius 2 is 1.82 bits per heavy atom. The molecule has 0 fully saturated rings. The van der Waals surface area contributed by atoms with Crippen molar-refractivity contribution in [1.82, 2.24) is 9.97 Å². The molecule has 5 nitrogen and oxygen atoms in total. The number of nitrogens with zero attached hydrogens (tertiary/aromatic N) is 3. The second kappa shape index (κ2) is 7.82. The molecule has 4 rings (SSSR count). The Morgan fingerprint density at radius 1 is 1.00 bits per heavy atom. The fourth-order valence-corrected chi connectivity index (χ4v) is 3.56. The second-order valence-corrected chi connectivity index (χ2v) is 6.86. The molecule has 0 aliphatic carbocycles. The molecule has 0 aliphatic heterocycles. The highest BCUT2D eigenvalue weighted by molar-refractivity contribution is 7.13. The number of carbonyl (C=O) groups excluding carboxylic acids is 1. The molecular formula is C22H14N4OS. The van der Waals surface area contributed by atoms with Gasteiger partial charge < -0.3 is 5.32 Å². The first-order chi connectivity index (χ1) is 13.7. The van der Waals surface area contributed by atoms with Gasteiger partial charge in [0.1, 0.15) is 5.01 Å². The van der Waals surface area contributed by atoms with Gasteiger partial charge >= 0.3 is 0 Å². The maximum absolute atomic E-state index is 12.5. The summed E-state index contributed by atoms with van der Waals surface area (Å²) in [6, 6.07) is 20.0. The number of hydrogen-bond acceptors (Lipinski definition) is 5. The summed E-state index contributed by atoms with van der Waals surface area (Å²) in [5.74, 6) is -0.259. The van der Waals surface area contributed by atoms with E-state index in [9.17, 15) is 4.79 Å². The normalized spacial score (nSPS) is 10.2. The van der Waals surface area contributed by atoms with Crippen LogP contribution in [0.5, 0.6) is 0 Å². The van der Waals surface area contributed by atoms with Crippen LogP contribution in [0.4, 0.5) is 5.69 Å². The van der Waals surface area contributed by atoms with Gasteiger partial charge in [-0.1, -0.05) is 18.2 Å². The van der Waals surface area contributed by atoms with E-state index in [-0.39, 0.29) is 5.91 Å². The minimum Gasteiger partial charge on any atom is -0.322 e. The lowest BCUT2D eigenvalue weighted by atomic mass is 10.1. The summed E-state index contributed by atoms with van der Waals surface area (Å²) in [5.41, 5.74) is 4.35. The number of benzene rings is 2. The summed E-state index contributed by atoms with van der Waals surface area (Å²) in [5, 5.41) is 14.8. The largest absolute Gasteiger partial charge is 0.322 e. The summed E-state index contributed by atoms with van der Waals surface area (Å²) >= 11 is 1.56. The lowest BCUT2D eigenvalue weighted by Gasteiger charge is -2.07. The molecule has 4 aromatic rings. The lowest BCUT2D eigenvalue weighted by Crippen LogP contribution is -2.11. The van der Waals surface area contributed by atoms with E-state index in [1.54, 1.807) is 48.0 Å². The van der Waals surface area contributed by atoms with Gasteiger partial charge in [-0.3, -0.25) is 9.78 Å². The van der Waals surface area contributed by atoms with Gasteiger partial charge in [-0.2, -0.15) is 5.26 Å². The average molecular weight is 382 g/mol. The maximum atomic E-state index is 12.5. The zero-order chi connectivity index (χ0) is 19.3. The highest BCUT2D eigenvalue weighted by atomic mass is 32.1. The number of anilines is 1. The van der Waals surface area contributed by atoms with Crippen LogP contribution in [0.2, 0.25) is 0 Å². The van der Waals surface area contributed by atoms with Crippen LogP contribution in [0.1, 0.15) is 15.9 Å². The van der Waals surface area contributed by atoms with E-state index in [1.165, 1.54) is 0 Å². The summed E-state index contributed by atoms with van der Waals surface area (Å²) in [7, 11) is 0. The minimum atomic E-state index is -0.259. The van der Waals surface area contributed by atoms with E-state index in [1.807, 2.05) is 47.8 Å². The van der Waals surface area contributed by atoms with E-state index in [0.29, 0.717) is 16.8 Å². The number of rotatable bonds is 4. The predicted molar refractivity (Wildman–Crippen MR) is 110 cm³/mol. The van der Waals surface area contributed by atoms with E-state index in [0.717, 1.165) is 21.8 Å². The first-order valence-corrected chi connectivity index (χ1v) is 9.39. The standard InChI is InChI=1S/C22H14N4OS/c23-13-15-3-1-5-18(11-15)21(27)25-19-6-2-4-17(12-19)20-14-28-22(26-20)16-7-9-24-10-8-16/h1-12,14H,(H,25,27). The Morgan fingerprint density at radius 3 is 2.64 bits per heavy atom. The van der Waals surface area contributed by atoms with Crippen molar-refractivity contribution in [3.8, 4) is 27.9 Å². The lowest BCUT2D eigenvalue weighted by molar-refractivity contribution is 0.102. The third-order valence-electron chi connectivity index (χ3n) is 4.10. The van der Waals surface area contributed by atoms with Crippen LogP contribution in [0, 0.1) is 11.3 Å². The second-order valence-electron chi connectivity index (χ2n) is 6.00. The Kier molecular flexibility index (Phi) is 4.91. The van der Waals surface area contributed by atoms with Crippen LogP contribution < -0.4 is 5.32 Å². The number of aromatic nitrogens is 2. The van der Waals surface area contributed by atoms with Crippen molar-refractivity contribution in [2.75, 3.05) is 5.32 Å². The zero-order valence-electron chi connectivity index (χ0n) is 14.7. The molecule has 0 aliphatic rings. The summed E-state index contributed by atoms with van der Waals surface area (Å²) in [6.07, 6.45) is 3.49. The molecule has 0 atom stereocenters. The van der Waals surface area contributed by atoms with Gasteiger partial charge in [0.05, 0.1) is 17.3 Å². The van der Waals surface area contributed by atoms with Crippen molar-refractivity contribution < 1.29 is 4.79 Å². The number of thiazole rings is 1. The van der Waals surface area contributed by atoms with Crippen molar-refractivity contribution in [3.05, 3.63) is 89.6 Å². The molecule has 28 heavy (non-hydrogen) atoms. The van der Waals surface area contributed by atoms with Crippen LogP contribution in [0.15, 0.2) is 78.4 Å². The monoisotopic (exact) mass is 382 g/mol.